The predicted molar refractivity (Wildman–Crippen MR) is 87.4 cm³/mol. The number of thiazole rings is 1. The summed E-state index contributed by atoms with van der Waals surface area (Å²) in [4.78, 5) is 6.92. The van der Waals surface area contributed by atoms with Gasteiger partial charge in [0.2, 0.25) is 0 Å². The van der Waals surface area contributed by atoms with Crippen molar-refractivity contribution in [3.63, 3.8) is 0 Å². The average molecular weight is 322 g/mol. The molecule has 1 aliphatic carbocycles. The molecule has 0 fully saturated rings. The maximum Gasteiger partial charge on any atom is 0.136 e. The van der Waals surface area contributed by atoms with Crippen LogP contribution in [0.4, 0.5) is 4.39 Å². The van der Waals surface area contributed by atoms with E-state index in [0.29, 0.717) is 10.9 Å². The molecule has 2 aromatic rings. The summed E-state index contributed by atoms with van der Waals surface area (Å²) >= 11 is 3.33. The molecular weight excluding hydrogens is 303 g/mol. The lowest BCUT2D eigenvalue weighted by Crippen LogP contribution is -2.24. The number of thioether (sulfide) groups is 1. The molecule has 0 saturated heterocycles. The fraction of sp³-hybridized carbons (Fsp3) is 0.438. The Bertz CT molecular complexity index is 612. The number of halogens is 1. The number of benzene rings is 1. The summed E-state index contributed by atoms with van der Waals surface area (Å²) in [5.74, 6) is 0.603. The fourth-order valence-corrected chi connectivity index (χ4v) is 4.78. The third-order valence-corrected chi connectivity index (χ3v) is 6.01. The first-order valence-electron chi connectivity index (χ1n) is 7.37. The van der Waals surface area contributed by atoms with E-state index in [1.54, 1.807) is 17.4 Å². The van der Waals surface area contributed by atoms with Crippen molar-refractivity contribution in [3.05, 3.63) is 45.7 Å². The molecule has 0 radical (unpaired) electrons. The summed E-state index contributed by atoms with van der Waals surface area (Å²) < 4.78 is 13.6. The molecule has 0 saturated carbocycles. The lowest BCUT2D eigenvalue weighted by atomic mass is 9.98. The van der Waals surface area contributed by atoms with Gasteiger partial charge >= 0.3 is 0 Å². The molecule has 1 aromatic heterocycles. The Morgan fingerprint density at radius 2 is 2.29 bits per heavy atom. The van der Waals surface area contributed by atoms with Crippen LogP contribution in [0.3, 0.4) is 0 Å². The van der Waals surface area contributed by atoms with Crippen LogP contribution >= 0.6 is 23.1 Å². The van der Waals surface area contributed by atoms with Crippen LogP contribution in [-0.4, -0.2) is 11.5 Å². The second kappa shape index (κ2) is 6.90. The standard InChI is InChI=1S/C16H19FN2S2/c1-2-18-12-7-5-9-14-16(12)19-15(21-14)10-20-13-8-4-3-6-11(13)17/h3-4,6,8,12,18H,2,5,7,9-10H2,1H3. The van der Waals surface area contributed by atoms with Gasteiger partial charge in [-0.3, -0.25) is 0 Å². The largest absolute Gasteiger partial charge is 0.309 e. The fourth-order valence-electron chi connectivity index (χ4n) is 2.68. The molecule has 1 unspecified atom stereocenters. The Morgan fingerprint density at radius 3 is 3.10 bits per heavy atom. The molecule has 1 atom stereocenters. The van der Waals surface area contributed by atoms with Crippen LogP contribution in [0, 0.1) is 5.82 Å². The van der Waals surface area contributed by atoms with Crippen molar-refractivity contribution in [3.8, 4) is 0 Å². The van der Waals surface area contributed by atoms with E-state index in [1.165, 1.54) is 41.2 Å². The summed E-state index contributed by atoms with van der Waals surface area (Å²) in [5, 5.41) is 4.62. The monoisotopic (exact) mass is 322 g/mol. The van der Waals surface area contributed by atoms with E-state index in [4.69, 9.17) is 4.98 Å². The van der Waals surface area contributed by atoms with E-state index in [9.17, 15) is 4.39 Å². The lowest BCUT2D eigenvalue weighted by molar-refractivity contribution is 0.465. The maximum absolute atomic E-state index is 13.6. The van der Waals surface area contributed by atoms with Crippen LogP contribution in [0.5, 0.6) is 0 Å². The molecule has 112 valence electrons. The van der Waals surface area contributed by atoms with Gasteiger partial charge in [-0.2, -0.15) is 0 Å². The number of rotatable bonds is 5. The van der Waals surface area contributed by atoms with Crippen LogP contribution in [0.15, 0.2) is 29.2 Å². The molecular formula is C16H19FN2S2. The van der Waals surface area contributed by atoms with Gasteiger partial charge in [-0.25, -0.2) is 9.37 Å². The van der Waals surface area contributed by atoms with Crippen LogP contribution in [0.2, 0.25) is 0 Å². The second-order valence-electron chi connectivity index (χ2n) is 5.14. The topological polar surface area (TPSA) is 24.9 Å². The zero-order valence-electron chi connectivity index (χ0n) is 12.1. The molecule has 21 heavy (non-hydrogen) atoms. The van der Waals surface area contributed by atoms with Gasteiger partial charge in [-0.15, -0.1) is 23.1 Å². The van der Waals surface area contributed by atoms with Crippen LogP contribution in [-0.2, 0) is 12.2 Å². The third kappa shape index (κ3) is 3.47. The molecule has 1 N–H and O–H groups in total. The third-order valence-electron chi connectivity index (χ3n) is 3.64. The van der Waals surface area contributed by atoms with Gasteiger partial charge in [0.05, 0.1) is 17.5 Å². The van der Waals surface area contributed by atoms with E-state index >= 15 is 0 Å². The number of nitrogens with one attached hydrogen (secondary N) is 1. The smallest absolute Gasteiger partial charge is 0.136 e. The highest BCUT2D eigenvalue weighted by atomic mass is 32.2. The number of fused-ring (bicyclic) bond motifs is 1. The minimum atomic E-state index is -0.144. The van der Waals surface area contributed by atoms with Crippen LogP contribution in [0.1, 0.15) is 41.4 Å². The van der Waals surface area contributed by atoms with Crippen molar-refractivity contribution in [1.29, 1.82) is 0 Å². The predicted octanol–water partition coefficient (Wildman–Crippen LogP) is 4.56. The average Bonchev–Trinajstić information content (AvgIpc) is 2.91. The number of aryl methyl sites for hydroxylation is 1. The molecule has 0 amide bonds. The minimum Gasteiger partial charge on any atom is -0.309 e. The second-order valence-corrected chi connectivity index (χ2v) is 7.32. The van der Waals surface area contributed by atoms with E-state index < -0.39 is 0 Å². The molecule has 1 heterocycles. The Labute approximate surface area is 133 Å². The molecule has 1 aromatic carbocycles. The van der Waals surface area contributed by atoms with Crippen LogP contribution < -0.4 is 5.32 Å². The van der Waals surface area contributed by atoms with Gasteiger partial charge in [0.1, 0.15) is 10.8 Å². The number of hydrogen-bond donors (Lipinski definition) is 1. The first-order valence-corrected chi connectivity index (χ1v) is 9.17. The van der Waals surface area contributed by atoms with Crippen LogP contribution in [0.25, 0.3) is 0 Å². The van der Waals surface area contributed by atoms with Gasteiger partial charge in [0.25, 0.3) is 0 Å². The molecule has 0 bridgehead atoms. The molecule has 0 aliphatic heterocycles. The van der Waals surface area contributed by atoms with Crippen molar-refractivity contribution in [2.24, 2.45) is 0 Å². The van der Waals surface area contributed by atoms with Gasteiger partial charge in [0.15, 0.2) is 0 Å². The molecule has 5 heteroatoms. The van der Waals surface area contributed by atoms with Gasteiger partial charge in [-0.05, 0) is 37.9 Å². The van der Waals surface area contributed by atoms with Crippen molar-refractivity contribution < 1.29 is 4.39 Å². The van der Waals surface area contributed by atoms with E-state index in [1.807, 2.05) is 12.1 Å². The minimum absolute atomic E-state index is 0.144. The Kier molecular flexibility index (Phi) is 4.93. The van der Waals surface area contributed by atoms with Gasteiger partial charge in [-0.1, -0.05) is 19.1 Å². The van der Waals surface area contributed by atoms with E-state index in [0.717, 1.165) is 23.7 Å². The lowest BCUT2D eigenvalue weighted by Gasteiger charge is -2.21. The summed E-state index contributed by atoms with van der Waals surface area (Å²) in [6, 6.07) is 7.34. The highest BCUT2D eigenvalue weighted by molar-refractivity contribution is 7.98. The normalized spacial score (nSPS) is 17.7. The first kappa shape index (κ1) is 15.0. The highest BCUT2D eigenvalue weighted by Crippen LogP contribution is 2.35. The van der Waals surface area contributed by atoms with Crippen molar-refractivity contribution in [1.82, 2.24) is 10.3 Å². The van der Waals surface area contributed by atoms with Crippen molar-refractivity contribution in [2.75, 3.05) is 6.54 Å². The number of aromatic nitrogens is 1. The molecule has 1 aliphatic rings. The molecule has 0 spiro atoms. The zero-order valence-corrected chi connectivity index (χ0v) is 13.7. The van der Waals surface area contributed by atoms with E-state index in [-0.39, 0.29) is 5.82 Å². The van der Waals surface area contributed by atoms with Crippen molar-refractivity contribution >= 4 is 23.1 Å². The molecule has 3 rings (SSSR count). The first-order chi connectivity index (χ1) is 10.3. The van der Waals surface area contributed by atoms with Crippen molar-refractivity contribution in [2.45, 2.75) is 42.9 Å². The van der Waals surface area contributed by atoms with E-state index in [2.05, 4.69) is 12.2 Å². The number of hydrogen-bond acceptors (Lipinski definition) is 4. The summed E-state index contributed by atoms with van der Waals surface area (Å²) in [7, 11) is 0. The Hall–Kier alpha value is -0.910. The zero-order chi connectivity index (χ0) is 14.7. The highest BCUT2D eigenvalue weighted by Gasteiger charge is 2.23. The molecule has 2 nitrogen and oxygen atoms in total. The maximum atomic E-state index is 13.6. The number of nitrogens with zero attached hydrogens (tertiary/aromatic N) is 1. The Balaban J connectivity index is 1.71. The quantitative estimate of drug-likeness (QED) is 0.817. The summed E-state index contributed by atoms with van der Waals surface area (Å²) in [6.45, 7) is 3.11. The van der Waals surface area contributed by atoms with Gasteiger partial charge < -0.3 is 5.32 Å². The SMILES string of the molecule is CCNC1CCCc2sc(CSc3ccccc3F)nc21. The van der Waals surface area contributed by atoms with Gasteiger partial charge in [0, 0.05) is 9.77 Å². The summed E-state index contributed by atoms with van der Waals surface area (Å²) in [5.41, 5.74) is 1.23. The summed E-state index contributed by atoms with van der Waals surface area (Å²) in [6.07, 6.45) is 3.54. The Morgan fingerprint density at radius 1 is 1.43 bits per heavy atom.